The average Bonchev–Trinajstić information content (AvgIpc) is 3.01. The van der Waals surface area contributed by atoms with E-state index in [0.717, 1.165) is 77.9 Å². The lowest BCUT2D eigenvalue weighted by Gasteiger charge is -2.39. The third kappa shape index (κ3) is 5.08. The smallest absolute Gasteiger partial charge is 0.127 e. The lowest BCUT2D eigenvalue weighted by molar-refractivity contribution is 0.0962. The molecule has 1 saturated heterocycles. The highest BCUT2D eigenvalue weighted by atomic mass is 19.1. The molecule has 0 amide bonds. The van der Waals surface area contributed by atoms with Gasteiger partial charge < -0.3 is 4.90 Å². The van der Waals surface area contributed by atoms with Crippen molar-refractivity contribution >= 4 is 11.1 Å². The van der Waals surface area contributed by atoms with E-state index < -0.39 is 0 Å². The minimum atomic E-state index is -0.282. The van der Waals surface area contributed by atoms with Crippen molar-refractivity contribution in [2.24, 2.45) is 5.92 Å². The monoisotopic (exact) mass is 475 g/mol. The zero-order chi connectivity index (χ0) is 24.4. The Hall–Kier alpha value is -2.85. The van der Waals surface area contributed by atoms with Gasteiger partial charge in [-0.3, -0.25) is 4.39 Å². The zero-order valence-corrected chi connectivity index (χ0v) is 20.3. The molecule has 0 aromatic heterocycles. The van der Waals surface area contributed by atoms with Gasteiger partial charge in [0.05, 0.1) is 6.67 Å². The van der Waals surface area contributed by atoms with E-state index in [4.69, 9.17) is 0 Å². The first kappa shape index (κ1) is 23.9. The summed E-state index contributed by atoms with van der Waals surface area (Å²) < 4.78 is 41.7. The number of nitrogens with zero attached hydrogens (tertiary/aromatic N) is 1. The Morgan fingerprint density at radius 3 is 2.51 bits per heavy atom. The summed E-state index contributed by atoms with van der Waals surface area (Å²) in [5.74, 6) is 0.0106. The minimum absolute atomic E-state index is 0.172. The van der Waals surface area contributed by atoms with Crippen molar-refractivity contribution < 1.29 is 13.2 Å². The molecule has 0 atom stereocenters. The van der Waals surface area contributed by atoms with E-state index in [-0.39, 0.29) is 18.3 Å². The van der Waals surface area contributed by atoms with Gasteiger partial charge in [0.2, 0.25) is 0 Å². The molecule has 4 heteroatoms. The predicted octanol–water partition coefficient (Wildman–Crippen LogP) is 7.40. The molecule has 1 aliphatic carbocycles. The summed E-state index contributed by atoms with van der Waals surface area (Å²) in [6, 6.07) is 19.0. The number of likely N-dealkylation sites (tertiary alicyclic amines) is 1. The number of aryl methyl sites for hydroxylation is 2. The predicted molar refractivity (Wildman–Crippen MR) is 137 cm³/mol. The SMILES string of the molecule is Cc1cc(F)ccc1C1=C(c2ccc(CC3CN(CCCF)C3)c(F)c2)c2ccccc2CCC1. The molecule has 35 heavy (non-hydrogen) atoms. The fourth-order valence-electron chi connectivity index (χ4n) is 5.74. The molecule has 1 aliphatic heterocycles. The topological polar surface area (TPSA) is 3.24 Å². The summed E-state index contributed by atoms with van der Waals surface area (Å²) in [5.41, 5.74) is 8.16. The number of hydrogen-bond acceptors (Lipinski definition) is 1. The van der Waals surface area contributed by atoms with Gasteiger partial charge in [-0.15, -0.1) is 0 Å². The molecule has 0 N–H and O–H groups in total. The van der Waals surface area contributed by atoms with Crippen LogP contribution < -0.4 is 0 Å². The molecule has 0 spiro atoms. The normalized spacial score (nSPS) is 16.7. The van der Waals surface area contributed by atoms with Gasteiger partial charge in [0.15, 0.2) is 0 Å². The van der Waals surface area contributed by atoms with Crippen molar-refractivity contribution in [1.82, 2.24) is 4.90 Å². The number of halogens is 3. The van der Waals surface area contributed by atoms with E-state index in [9.17, 15) is 8.78 Å². The Morgan fingerprint density at radius 1 is 0.914 bits per heavy atom. The van der Waals surface area contributed by atoms with E-state index in [2.05, 4.69) is 23.1 Å². The highest BCUT2D eigenvalue weighted by molar-refractivity contribution is 6.00. The molecule has 0 unspecified atom stereocenters. The van der Waals surface area contributed by atoms with Gasteiger partial charge >= 0.3 is 0 Å². The standard InChI is InChI=1S/C31H32F3N/c1-21-16-26(33)12-13-27(21)29-9-4-7-23-6-2-3-8-28(23)31(29)25-11-10-24(30(34)18-25)17-22-19-35(20-22)15-5-14-32/h2-3,6,8,10-13,16,18,22H,4-5,7,9,14-15,17,19-20H2,1H3. The Bertz CT molecular complexity index is 1240. The first-order valence-electron chi connectivity index (χ1n) is 12.7. The highest BCUT2D eigenvalue weighted by Gasteiger charge is 2.27. The molecular weight excluding hydrogens is 443 g/mol. The summed E-state index contributed by atoms with van der Waals surface area (Å²) in [6.07, 6.45) is 4.09. The molecule has 0 radical (unpaired) electrons. The van der Waals surface area contributed by atoms with Crippen LogP contribution in [0.1, 0.15) is 52.6 Å². The maximum Gasteiger partial charge on any atom is 0.127 e. The Labute approximate surface area is 206 Å². The lowest BCUT2D eigenvalue weighted by atomic mass is 9.85. The molecule has 0 saturated carbocycles. The van der Waals surface area contributed by atoms with Crippen molar-refractivity contribution in [3.8, 4) is 0 Å². The molecular formula is C31H32F3N. The van der Waals surface area contributed by atoms with E-state index in [1.54, 1.807) is 12.1 Å². The van der Waals surface area contributed by atoms with E-state index in [0.29, 0.717) is 18.8 Å². The van der Waals surface area contributed by atoms with Crippen LogP contribution in [0.5, 0.6) is 0 Å². The highest BCUT2D eigenvalue weighted by Crippen LogP contribution is 2.41. The van der Waals surface area contributed by atoms with Crippen molar-refractivity contribution in [3.63, 3.8) is 0 Å². The third-order valence-electron chi connectivity index (χ3n) is 7.47. The number of fused-ring (bicyclic) bond motifs is 1. The van der Waals surface area contributed by atoms with Gasteiger partial charge in [0.25, 0.3) is 0 Å². The average molecular weight is 476 g/mol. The fourth-order valence-corrected chi connectivity index (χ4v) is 5.74. The lowest BCUT2D eigenvalue weighted by Crippen LogP contribution is -2.48. The third-order valence-corrected chi connectivity index (χ3v) is 7.47. The number of alkyl halides is 1. The molecule has 0 bridgehead atoms. The van der Waals surface area contributed by atoms with Crippen LogP contribution in [0.3, 0.4) is 0 Å². The summed E-state index contributed by atoms with van der Waals surface area (Å²) in [5, 5.41) is 0. The van der Waals surface area contributed by atoms with Gasteiger partial charge in [-0.2, -0.15) is 0 Å². The molecule has 3 aromatic carbocycles. The summed E-state index contributed by atoms with van der Waals surface area (Å²) in [4.78, 5) is 2.24. The van der Waals surface area contributed by atoms with E-state index >= 15 is 4.39 Å². The largest absolute Gasteiger partial charge is 0.303 e. The first-order valence-corrected chi connectivity index (χ1v) is 12.7. The van der Waals surface area contributed by atoms with Crippen LogP contribution in [0.2, 0.25) is 0 Å². The molecule has 3 aromatic rings. The molecule has 1 fully saturated rings. The van der Waals surface area contributed by atoms with Crippen molar-refractivity contribution in [2.75, 3.05) is 26.3 Å². The second-order valence-corrected chi connectivity index (χ2v) is 10.0. The van der Waals surface area contributed by atoms with Gasteiger partial charge in [-0.1, -0.05) is 42.5 Å². The minimum Gasteiger partial charge on any atom is -0.303 e. The van der Waals surface area contributed by atoms with Crippen molar-refractivity contribution in [2.45, 2.75) is 39.0 Å². The van der Waals surface area contributed by atoms with Gasteiger partial charge in [-0.25, -0.2) is 8.78 Å². The zero-order valence-electron chi connectivity index (χ0n) is 20.3. The quantitative estimate of drug-likeness (QED) is 0.344. The summed E-state index contributed by atoms with van der Waals surface area (Å²) >= 11 is 0. The van der Waals surface area contributed by atoms with Crippen LogP contribution in [0, 0.1) is 24.5 Å². The van der Waals surface area contributed by atoms with Crippen LogP contribution in [0.25, 0.3) is 11.1 Å². The Balaban J connectivity index is 1.51. The van der Waals surface area contributed by atoms with Crippen LogP contribution in [0.4, 0.5) is 13.2 Å². The molecule has 182 valence electrons. The maximum absolute atomic E-state index is 15.4. The number of hydrogen-bond donors (Lipinski definition) is 0. The van der Waals surface area contributed by atoms with Gasteiger partial charge in [0.1, 0.15) is 11.6 Å². The molecule has 1 heterocycles. The van der Waals surface area contributed by atoms with Crippen molar-refractivity contribution in [1.29, 1.82) is 0 Å². The van der Waals surface area contributed by atoms with Crippen LogP contribution in [-0.4, -0.2) is 31.2 Å². The maximum atomic E-state index is 15.4. The number of benzene rings is 3. The summed E-state index contributed by atoms with van der Waals surface area (Å²) in [7, 11) is 0. The summed E-state index contributed by atoms with van der Waals surface area (Å²) in [6.45, 7) is 4.27. The van der Waals surface area contributed by atoms with E-state index in [1.165, 1.54) is 11.6 Å². The Kier molecular flexibility index (Phi) is 7.10. The number of allylic oxidation sites excluding steroid dienone is 1. The van der Waals surface area contributed by atoms with Gasteiger partial charge in [-0.05, 0) is 108 Å². The number of rotatable bonds is 7. The van der Waals surface area contributed by atoms with Crippen molar-refractivity contribution in [3.05, 3.63) is 106 Å². The van der Waals surface area contributed by atoms with Crippen LogP contribution in [-0.2, 0) is 12.8 Å². The van der Waals surface area contributed by atoms with Crippen LogP contribution in [0.15, 0.2) is 60.7 Å². The fraction of sp³-hybridized carbons (Fsp3) is 0.355. The molecule has 5 rings (SSSR count). The Morgan fingerprint density at radius 2 is 1.74 bits per heavy atom. The molecule has 1 nitrogen and oxygen atoms in total. The van der Waals surface area contributed by atoms with E-state index in [1.807, 2.05) is 31.2 Å². The molecule has 2 aliphatic rings. The second-order valence-electron chi connectivity index (χ2n) is 10.0. The first-order chi connectivity index (χ1) is 17.0. The van der Waals surface area contributed by atoms with Crippen LogP contribution >= 0.6 is 0 Å². The second kappa shape index (κ2) is 10.4. The van der Waals surface area contributed by atoms with Gasteiger partial charge in [0, 0.05) is 19.6 Å².